The van der Waals surface area contributed by atoms with Crippen molar-refractivity contribution < 1.29 is 0 Å². The van der Waals surface area contributed by atoms with Crippen molar-refractivity contribution >= 4 is 23.4 Å². The van der Waals surface area contributed by atoms with Crippen LogP contribution in [0.4, 0.5) is 0 Å². The zero-order valence-electron chi connectivity index (χ0n) is 12.2. The third-order valence-electron chi connectivity index (χ3n) is 2.60. The Balaban J connectivity index is 3.20. The minimum atomic E-state index is 0.496. The fourth-order valence-corrected chi connectivity index (χ4v) is 1.93. The summed E-state index contributed by atoms with van der Waals surface area (Å²) in [5.41, 5.74) is 2.92. The molecule has 0 aliphatic carbocycles. The van der Waals surface area contributed by atoms with Crippen molar-refractivity contribution in [3.63, 3.8) is 0 Å². The lowest BCUT2D eigenvalue weighted by Crippen LogP contribution is -2.09. The number of nitrogens with one attached hydrogen (secondary N) is 1. The normalized spacial score (nSPS) is 12.3. The summed E-state index contributed by atoms with van der Waals surface area (Å²) in [6, 6.07) is 9.58. The molecule has 3 nitrogen and oxygen atoms in total. The molecule has 1 aromatic carbocycles. The molecule has 0 saturated heterocycles. The summed E-state index contributed by atoms with van der Waals surface area (Å²) in [7, 11) is 1.69. The van der Waals surface area contributed by atoms with Crippen molar-refractivity contribution in [3.8, 4) is 6.07 Å². The first-order valence-corrected chi connectivity index (χ1v) is 6.92. The molecule has 4 heteroatoms. The van der Waals surface area contributed by atoms with Crippen molar-refractivity contribution in [2.24, 2.45) is 4.99 Å². The molecule has 0 aliphatic heterocycles. The molecule has 21 heavy (non-hydrogen) atoms. The van der Waals surface area contributed by atoms with Crippen LogP contribution < -0.4 is 5.32 Å². The second kappa shape index (κ2) is 8.78. The van der Waals surface area contributed by atoms with Crippen LogP contribution in [0, 0.1) is 11.3 Å². The van der Waals surface area contributed by atoms with Crippen LogP contribution in [0.2, 0.25) is 5.02 Å². The third kappa shape index (κ3) is 5.68. The lowest BCUT2D eigenvalue weighted by atomic mass is 10.0. The Hall–Kier alpha value is -2.31. The van der Waals surface area contributed by atoms with Gasteiger partial charge in [0.1, 0.15) is 0 Å². The van der Waals surface area contributed by atoms with E-state index in [0.717, 1.165) is 17.7 Å². The number of nitriles is 1. The van der Waals surface area contributed by atoms with Gasteiger partial charge >= 0.3 is 0 Å². The molecule has 0 bridgehead atoms. The molecule has 108 valence electrons. The van der Waals surface area contributed by atoms with E-state index in [1.807, 2.05) is 25.1 Å². The van der Waals surface area contributed by atoms with Gasteiger partial charge in [-0.15, -0.1) is 0 Å². The van der Waals surface area contributed by atoms with Crippen LogP contribution in [0.5, 0.6) is 0 Å². The molecule has 0 heterocycles. The molecule has 0 unspecified atom stereocenters. The summed E-state index contributed by atoms with van der Waals surface area (Å²) in [4.78, 5) is 4.03. The molecule has 0 spiro atoms. The van der Waals surface area contributed by atoms with Gasteiger partial charge < -0.3 is 5.32 Å². The van der Waals surface area contributed by atoms with Gasteiger partial charge in [0, 0.05) is 36.1 Å². The summed E-state index contributed by atoms with van der Waals surface area (Å²) in [5, 5.41) is 13.0. The molecule has 1 N–H and O–H groups in total. The number of nitrogens with zero attached hydrogens (tertiary/aromatic N) is 2. The lowest BCUT2D eigenvalue weighted by Gasteiger charge is -2.04. The Morgan fingerprint density at radius 2 is 2.24 bits per heavy atom. The smallest absolute Gasteiger partial charge is 0.0992 e. The van der Waals surface area contributed by atoms with E-state index in [1.165, 1.54) is 0 Å². The molecule has 0 aromatic heterocycles. The van der Waals surface area contributed by atoms with Crippen LogP contribution in [-0.2, 0) is 0 Å². The van der Waals surface area contributed by atoms with E-state index in [0.29, 0.717) is 16.3 Å². The average molecular weight is 300 g/mol. The van der Waals surface area contributed by atoms with Gasteiger partial charge in [0.25, 0.3) is 0 Å². The van der Waals surface area contributed by atoms with E-state index >= 15 is 0 Å². The molecule has 0 atom stereocenters. The standard InChI is InChI=1S/C17H18ClN3/c1-4-21-13(2)8-14(11-19)9-16(12-20-3)15-6-5-7-17(18)10-15/h5-10,12,21H,2,4H2,1,3H3/b14-8-,16-9+,20-12-. The predicted octanol–water partition coefficient (Wildman–Crippen LogP) is 4.00. The molecule has 1 aromatic rings. The Morgan fingerprint density at radius 3 is 2.81 bits per heavy atom. The highest BCUT2D eigenvalue weighted by molar-refractivity contribution is 6.31. The van der Waals surface area contributed by atoms with E-state index in [-0.39, 0.29) is 0 Å². The highest BCUT2D eigenvalue weighted by Crippen LogP contribution is 2.19. The lowest BCUT2D eigenvalue weighted by molar-refractivity contribution is 0.882. The molecule has 0 saturated carbocycles. The molecule has 0 fully saturated rings. The van der Waals surface area contributed by atoms with E-state index in [9.17, 15) is 5.26 Å². The number of likely N-dealkylation sites (N-methyl/N-ethyl adjacent to an activating group) is 1. The van der Waals surface area contributed by atoms with Gasteiger partial charge in [0.05, 0.1) is 11.6 Å². The minimum Gasteiger partial charge on any atom is -0.386 e. The summed E-state index contributed by atoms with van der Waals surface area (Å²) < 4.78 is 0. The number of aliphatic imine (C=N–C) groups is 1. The maximum Gasteiger partial charge on any atom is 0.0992 e. The van der Waals surface area contributed by atoms with Crippen LogP contribution in [0.1, 0.15) is 12.5 Å². The van der Waals surface area contributed by atoms with E-state index in [2.05, 4.69) is 23.0 Å². The van der Waals surface area contributed by atoms with E-state index in [1.54, 1.807) is 31.5 Å². The highest BCUT2D eigenvalue weighted by Gasteiger charge is 2.02. The number of halogens is 1. The van der Waals surface area contributed by atoms with E-state index < -0.39 is 0 Å². The average Bonchev–Trinajstić information content (AvgIpc) is 2.46. The quantitative estimate of drug-likeness (QED) is 0.490. The zero-order chi connectivity index (χ0) is 15.7. The molecular formula is C17H18ClN3. The van der Waals surface area contributed by atoms with Crippen LogP contribution in [0.15, 0.2) is 59.3 Å². The fourth-order valence-electron chi connectivity index (χ4n) is 1.74. The van der Waals surface area contributed by atoms with Crippen LogP contribution in [0.25, 0.3) is 5.57 Å². The largest absolute Gasteiger partial charge is 0.386 e. The van der Waals surface area contributed by atoms with Gasteiger partial charge in [0.15, 0.2) is 0 Å². The predicted molar refractivity (Wildman–Crippen MR) is 90.4 cm³/mol. The summed E-state index contributed by atoms with van der Waals surface area (Å²) in [6.45, 7) is 6.58. The van der Waals surface area contributed by atoms with Gasteiger partial charge in [-0.05, 0) is 36.8 Å². The molecule has 0 aliphatic rings. The number of benzene rings is 1. The maximum atomic E-state index is 9.26. The van der Waals surface area contributed by atoms with Crippen LogP contribution in [-0.4, -0.2) is 19.8 Å². The third-order valence-corrected chi connectivity index (χ3v) is 2.83. The zero-order valence-corrected chi connectivity index (χ0v) is 13.0. The number of allylic oxidation sites excluding steroid dienone is 4. The summed E-state index contributed by atoms with van der Waals surface area (Å²) in [6.07, 6.45) is 5.17. The Kier molecular flexibility index (Phi) is 7.00. The Morgan fingerprint density at radius 1 is 1.48 bits per heavy atom. The number of hydrogen-bond donors (Lipinski definition) is 1. The van der Waals surface area contributed by atoms with Crippen molar-refractivity contribution in [3.05, 3.63) is 64.9 Å². The van der Waals surface area contributed by atoms with Gasteiger partial charge in [-0.25, -0.2) is 0 Å². The fraction of sp³-hybridized carbons (Fsp3) is 0.176. The SMILES string of the molecule is C=C(/C=C(C#N)/C=C(\C=N/C)c1cccc(Cl)c1)NCC. The topological polar surface area (TPSA) is 48.2 Å². The van der Waals surface area contributed by atoms with Crippen molar-refractivity contribution in [1.82, 2.24) is 5.32 Å². The van der Waals surface area contributed by atoms with Gasteiger partial charge in [-0.1, -0.05) is 30.3 Å². The van der Waals surface area contributed by atoms with Gasteiger partial charge in [-0.3, -0.25) is 4.99 Å². The molecule has 0 radical (unpaired) electrons. The Bertz CT molecular complexity index is 634. The van der Waals surface area contributed by atoms with Gasteiger partial charge in [0.2, 0.25) is 0 Å². The van der Waals surface area contributed by atoms with Crippen molar-refractivity contribution in [1.29, 1.82) is 5.26 Å². The highest BCUT2D eigenvalue weighted by atomic mass is 35.5. The number of hydrogen-bond acceptors (Lipinski definition) is 3. The van der Waals surface area contributed by atoms with Crippen molar-refractivity contribution in [2.45, 2.75) is 6.92 Å². The first-order chi connectivity index (χ1) is 10.1. The molecule has 0 amide bonds. The minimum absolute atomic E-state index is 0.496. The van der Waals surface area contributed by atoms with E-state index in [4.69, 9.17) is 11.6 Å². The summed E-state index contributed by atoms with van der Waals surface area (Å²) in [5.74, 6) is 0. The number of rotatable bonds is 6. The molecular weight excluding hydrogens is 282 g/mol. The van der Waals surface area contributed by atoms with Crippen LogP contribution >= 0.6 is 11.6 Å². The second-order valence-electron chi connectivity index (χ2n) is 4.26. The monoisotopic (exact) mass is 299 g/mol. The van der Waals surface area contributed by atoms with Crippen LogP contribution in [0.3, 0.4) is 0 Å². The Labute approximate surface area is 131 Å². The summed E-state index contributed by atoms with van der Waals surface area (Å²) >= 11 is 6.01. The first-order valence-electron chi connectivity index (χ1n) is 6.55. The van der Waals surface area contributed by atoms with Gasteiger partial charge in [-0.2, -0.15) is 5.26 Å². The first kappa shape index (κ1) is 16.7. The van der Waals surface area contributed by atoms with Crippen molar-refractivity contribution in [2.75, 3.05) is 13.6 Å². The maximum absolute atomic E-state index is 9.26. The molecule has 1 rings (SSSR count). The second-order valence-corrected chi connectivity index (χ2v) is 4.70.